The summed E-state index contributed by atoms with van der Waals surface area (Å²) >= 11 is 0. The number of ether oxygens (including phenoxy) is 1. The van der Waals surface area contributed by atoms with Crippen LogP contribution in [0.15, 0.2) is 11.9 Å². The van der Waals surface area contributed by atoms with Gasteiger partial charge in [0.05, 0.1) is 26.4 Å². The van der Waals surface area contributed by atoms with Crippen LogP contribution < -0.4 is 0 Å². The molecule has 1 aliphatic heterocycles. The molecule has 1 aliphatic rings. The molecule has 0 radical (unpaired) electrons. The topological polar surface area (TPSA) is 48.0 Å². The van der Waals surface area contributed by atoms with E-state index in [1.165, 1.54) is 0 Å². The number of hydrogen-bond donors (Lipinski definition) is 0. The summed E-state index contributed by atoms with van der Waals surface area (Å²) in [4.78, 5) is 2.33. The van der Waals surface area contributed by atoms with Crippen LogP contribution in [-0.2, 0) is 18.3 Å². The average Bonchev–Trinajstić information content (AvgIpc) is 2.37. The molecule has 0 spiro atoms. The maximum absolute atomic E-state index is 12.1. The van der Waals surface area contributed by atoms with Crippen molar-refractivity contribution in [2.75, 3.05) is 46.1 Å². The van der Waals surface area contributed by atoms with E-state index in [1.807, 2.05) is 19.9 Å². The molecule has 6 heteroatoms. The number of hydrogen-bond acceptors (Lipinski definition) is 5. The molecule has 0 amide bonds. The molecule has 0 aliphatic carbocycles. The van der Waals surface area contributed by atoms with Crippen molar-refractivity contribution in [3.05, 3.63) is 11.9 Å². The molecule has 18 heavy (non-hydrogen) atoms. The third-order valence-corrected chi connectivity index (χ3v) is 4.43. The summed E-state index contributed by atoms with van der Waals surface area (Å²) in [5, 5.41) is 0. The van der Waals surface area contributed by atoms with Gasteiger partial charge in [-0.2, -0.15) is 0 Å². The lowest BCUT2D eigenvalue weighted by Crippen LogP contribution is -2.36. The summed E-state index contributed by atoms with van der Waals surface area (Å²) in [7, 11) is -3.01. The third kappa shape index (κ3) is 6.12. The van der Waals surface area contributed by atoms with Crippen molar-refractivity contribution in [1.82, 2.24) is 4.90 Å². The molecule has 0 bridgehead atoms. The summed E-state index contributed by atoms with van der Waals surface area (Å²) in [6.45, 7) is 8.93. The summed E-state index contributed by atoms with van der Waals surface area (Å²) in [5.41, 5.74) is 0. The Bertz CT molecular complexity index is 280. The second kappa shape index (κ2) is 8.83. The predicted octanol–water partition coefficient (Wildman–Crippen LogP) is 2.49. The summed E-state index contributed by atoms with van der Waals surface area (Å²) in [5.74, 6) is 1.58. The smallest absolute Gasteiger partial charge is 0.353 e. The molecule has 0 unspecified atom stereocenters. The van der Waals surface area contributed by atoms with E-state index in [0.717, 1.165) is 39.3 Å². The van der Waals surface area contributed by atoms with Crippen molar-refractivity contribution in [2.24, 2.45) is 0 Å². The zero-order valence-electron chi connectivity index (χ0n) is 11.3. The molecule has 0 aromatic heterocycles. The molecule has 5 nitrogen and oxygen atoms in total. The van der Waals surface area contributed by atoms with Crippen LogP contribution in [0.2, 0.25) is 0 Å². The van der Waals surface area contributed by atoms with E-state index in [9.17, 15) is 4.57 Å². The molecule has 1 rings (SSSR count). The highest BCUT2D eigenvalue weighted by molar-refractivity contribution is 7.57. The minimum Gasteiger partial charge on any atom is -0.379 e. The minimum absolute atomic E-state index is 0.394. The van der Waals surface area contributed by atoms with E-state index < -0.39 is 7.60 Å². The first-order chi connectivity index (χ1) is 8.70. The van der Waals surface area contributed by atoms with Crippen LogP contribution in [0.25, 0.3) is 0 Å². The van der Waals surface area contributed by atoms with E-state index in [-0.39, 0.29) is 0 Å². The lowest BCUT2D eigenvalue weighted by Gasteiger charge is -2.25. The molecule has 1 saturated heterocycles. The van der Waals surface area contributed by atoms with Gasteiger partial charge in [0.15, 0.2) is 0 Å². The van der Waals surface area contributed by atoms with Gasteiger partial charge >= 0.3 is 7.60 Å². The Balaban J connectivity index is 2.30. The lowest BCUT2D eigenvalue weighted by molar-refractivity contribution is 0.0387. The average molecular weight is 277 g/mol. The Morgan fingerprint density at radius 1 is 1.22 bits per heavy atom. The van der Waals surface area contributed by atoms with Gasteiger partial charge in [-0.1, -0.05) is 6.08 Å². The highest BCUT2D eigenvalue weighted by Gasteiger charge is 2.18. The van der Waals surface area contributed by atoms with Crippen LogP contribution >= 0.6 is 7.60 Å². The van der Waals surface area contributed by atoms with Gasteiger partial charge in [-0.3, -0.25) is 9.46 Å². The van der Waals surface area contributed by atoms with Crippen LogP contribution in [0.1, 0.15) is 20.3 Å². The molecule has 1 heterocycles. The maximum Gasteiger partial charge on any atom is 0.353 e. The summed E-state index contributed by atoms with van der Waals surface area (Å²) in [6, 6.07) is 0. The van der Waals surface area contributed by atoms with Gasteiger partial charge in [0.2, 0.25) is 0 Å². The quantitative estimate of drug-likeness (QED) is 0.638. The third-order valence-electron chi connectivity index (χ3n) is 2.62. The second-order valence-electron chi connectivity index (χ2n) is 4.00. The van der Waals surface area contributed by atoms with Gasteiger partial charge in [0.25, 0.3) is 0 Å². The van der Waals surface area contributed by atoms with Crippen molar-refractivity contribution in [3.8, 4) is 0 Å². The normalized spacial score (nSPS) is 18.6. The van der Waals surface area contributed by atoms with Gasteiger partial charge in [0.1, 0.15) is 0 Å². The molecular formula is C12H24NO4P. The Labute approximate surface area is 110 Å². The number of rotatable bonds is 8. The van der Waals surface area contributed by atoms with Gasteiger partial charge in [0, 0.05) is 25.5 Å². The first-order valence-corrected chi connectivity index (χ1v) is 8.18. The Morgan fingerprint density at radius 2 is 1.83 bits per heavy atom. The highest BCUT2D eigenvalue weighted by Crippen LogP contribution is 2.49. The van der Waals surface area contributed by atoms with Crippen molar-refractivity contribution >= 4 is 7.60 Å². The number of morpholine rings is 1. The number of nitrogens with zero attached hydrogens (tertiary/aromatic N) is 1. The summed E-state index contributed by atoms with van der Waals surface area (Å²) < 4.78 is 27.7. The fourth-order valence-electron chi connectivity index (χ4n) is 1.77. The monoisotopic (exact) mass is 277 g/mol. The van der Waals surface area contributed by atoms with E-state index in [2.05, 4.69) is 4.90 Å². The molecule has 0 aromatic rings. The SMILES string of the molecule is CCOP(=O)(C=CCCN1CCOCC1)OCC. The summed E-state index contributed by atoms with van der Waals surface area (Å²) in [6.07, 6.45) is 2.74. The first-order valence-electron chi connectivity index (χ1n) is 6.57. The fourth-order valence-corrected chi connectivity index (χ4v) is 3.14. The van der Waals surface area contributed by atoms with Crippen molar-refractivity contribution < 1.29 is 18.3 Å². The first kappa shape index (κ1) is 15.9. The van der Waals surface area contributed by atoms with Gasteiger partial charge in [-0.05, 0) is 20.3 Å². The molecule has 0 N–H and O–H groups in total. The van der Waals surface area contributed by atoms with Crippen LogP contribution in [0.3, 0.4) is 0 Å². The predicted molar refractivity (Wildman–Crippen MR) is 71.9 cm³/mol. The van der Waals surface area contributed by atoms with E-state index in [0.29, 0.717) is 13.2 Å². The Hall–Kier alpha value is -0.190. The Kier molecular flexibility index (Phi) is 7.79. The van der Waals surface area contributed by atoms with Crippen molar-refractivity contribution in [3.63, 3.8) is 0 Å². The zero-order chi connectivity index (χ0) is 13.3. The minimum atomic E-state index is -3.01. The van der Waals surface area contributed by atoms with E-state index in [1.54, 1.807) is 5.82 Å². The van der Waals surface area contributed by atoms with Crippen LogP contribution in [0.4, 0.5) is 0 Å². The zero-order valence-corrected chi connectivity index (χ0v) is 12.2. The standard InChI is InChI=1S/C12H24NO4P/c1-3-16-18(14,17-4-2)12-6-5-7-13-8-10-15-11-9-13/h6,12H,3-5,7-11H2,1-2H3. The molecule has 0 atom stereocenters. The maximum atomic E-state index is 12.1. The lowest BCUT2D eigenvalue weighted by atomic mass is 10.3. The largest absolute Gasteiger partial charge is 0.379 e. The fraction of sp³-hybridized carbons (Fsp3) is 0.833. The molecule has 1 fully saturated rings. The second-order valence-corrected chi connectivity index (χ2v) is 5.90. The van der Waals surface area contributed by atoms with Crippen LogP contribution in [0.5, 0.6) is 0 Å². The van der Waals surface area contributed by atoms with Gasteiger partial charge < -0.3 is 13.8 Å². The van der Waals surface area contributed by atoms with Crippen molar-refractivity contribution in [2.45, 2.75) is 20.3 Å². The molecule has 106 valence electrons. The molecule has 0 saturated carbocycles. The van der Waals surface area contributed by atoms with Crippen LogP contribution in [-0.4, -0.2) is 51.0 Å². The van der Waals surface area contributed by atoms with Gasteiger partial charge in [-0.25, -0.2) is 0 Å². The highest BCUT2D eigenvalue weighted by atomic mass is 31.2. The van der Waals surface area contributed by atoms with Crippen LogP contribution in [0, 0.1) is 0 Å². The molecular weight excluding hydrogens is 253 g/mol. The van der Waals surface area contributed by atoms with Crippen molar-refractivity contribution in [1.29, 1.82) is 0 Å². The van der Waals surface area contributed by atoms with Gasteiger partial charge in [-0.15, -0.1) is 0 Å². The molecule has 0 aromatic carbocycles. The Morgan fingerprint density at radius 3 is 2.39 bits per heavy atom. The van der Waals surface area contributed by atoms with E-state index >= 15 is 0 Å². The van der Waals surface area contributed by atoms with E-state index in [4.69, 9.17) is 13.8 Å².